The lowest BCUT2D eigenvalue weighted by Gasteiger charge is -2.30. The van der Waals surface area contributed by atoms with Crippen LogP contribution in [-0.2, 0) is 0 Å². The highest BCUT2D eigenvalue weighted by atomic mass is 16.5. The van der Waals surface area contributed by atoms with E-state index in [4.69, 9.17) is 15.2 Å². The van der Waals surface area contributed by atoms with E-state index >= 15 is 0 Å². The predicted molar refractivity (Wildman–Crippen MR) is 128 cm³/mol. The first-order valence-electron chi connectivity index (χ1n) is 12.2. The molecule has 0 atom stereocenters. The average molecular weight is 455 g/mol. The summed E-state index contributed by atoms with van der Waals surface area (Å²) in [5.74, 6) is 2.96. The molecule has 0 bridgehead atoms. The third kappa shape index (κ3) is 5.00. The van der Waals surface area contributed by atoms with E-state index in [1.165, 1.54) is 0 Å². The van der Waals surface area contributed by atoms with Gasteiger partial charge in [0, 0.05) is 38.8 Å². The molecule has 9 heteroatoms. The highest BCUT2D eigenvalue weighted by Gasteiger charge is 2.27. The summed E-state index contributed by atoms with van der Waals surface area (Å²) >= 11 is 0. The van der Waals surface area contributed by atoms with Gasteiger partial charge in [-0.1, -0.05) is 6.07 Å². The lowest BCUT2D eigenvalue weighted by atomic mass is 9.86. The first-order chi connectivity index (χ1) is 16.2. The molecular formula is C24H34N6O3. The molecule has 1 aromatic heterocycles. The highest BCUT2D eigenvalue weighted by molar-refractivity contribution is 5.77. The van der Waals surface area contributed by atoms with Gasteiger partial charge in [0.1, 0.15) is 11.4 Å². The number of piperazine rings is 1. The summed E-state index contributed by atoms with van der Waals surface area (Å²) in [6, 6.07) is 5.89. The number of benzene rings is 1. The molecule has 1 saturated carbocycles. The van der Waals surface area contributed by atoms with E-state index in [1.54, 1.807) is 10.8 Å². The molecule has 178 valence electrons. The van der Waals surface area contributed by atoms with Gasteiger partial charge in [-0.15, -0.1) is 0 Å². The van der Waals surface area contributed by atoms with Gasteiger partial charge >= 0.3 is 5.69 Å². The van der Waals surface area contributed by atoms with E-state index in [2.05, 4.69) is 20.5 Å². The Labute approximate surface area is 194 Å². The standard InChI is InChI=1S/C24H34N6O3/c25-15-17-5-7-18(8-6-17)30-16-21-23(28-24(30)31)27-22-19(3-1-4-20(22)33-21)32-14-2-11-29-12-9-26-10-13-29/h1,3-4,16-18,26H,2,5-15,25H2,(H,27,28,31). The number of nitrogens with one attached hydrogen (secondary N) is 2. The van der Waals surface area contributed by atoms with E-state index in [-0.39, 0.29) is 11.7 Å². The molecule has 0 radical (unpaired) electrons. The number of ether oxygens (including phenoxy) is 2. The zero-order valence-electron chi connectivity index (χ0n) is 19.1. The van der Waals surface area contributed by atoms with Gasteiger partial charge in [-0.2, -0.15) is 4.98 Å². The maximum absolute atomic E-state index is 12.8. The Hall–Kier alpha value is -2.62. The number of hydrogen-bond acceptors (Lipinski definition) is 8. The summed E-state index contributed by atoms with van der Waals surface area (Å²) in [5, 5.41) is 6.65. The number of para-hydroxylation sites is 1. The van der Waals surface area contributed by atoms with E-state index in [1.807, 2.05) is 18.2 Å². The van der Waals surface area contributed by atoms with Crippen LogP contribution in [0.1, 0.15) is 38.1 Å². The van der Waals surface area contributed by atoms with Gasteiger partial charge in [0.15, 0.2) is 17.3 Å². The van der Waals surface area contributed by atoms with Crippen molar-refractivity contribution >= 4 is 11.5 Å². The third-order valence-electron chi connectivity index (χ3n) is 7.00. The van der Waals surface area contributed by atoms with Crippen molar-refractivity contribution in [2.75, 3.05) is 51.2 Å². The second-order valence-electron chi connectivity index (χ2n) is 9.20. The largest absolute Gasteiger partial charge is 0.491 e. The van der Waals surface area contributed by atoms with Gasteiger partial charge in [-0.3, -0.25) is 4.57 Å². The van der Waals surface area contributed by atoms with Crippen molar-refractivity contribution < 1.29 is 9.47 Å². The molecule has 2 aliphatic heterocycles. The van der Waals surface area contributed by atoms with Crippen LogP contribution in [0.3, 0.4) is 0 Å². The van der Waals surface area contributed by atoms with Gasteiger partial charge in [0.05, 0.1) is 12.8 Å². The Kier molecular flexibility index (Phi) is 6.80. The fourth-order valence-electron chi connectivity index (χ4n) is 5.02. The Morgan fingerprint density at radius 3 is 2.76 bits per heavy atom. The van der Waals surface area contributed by atoms with Crippen LogP contribution in [0.4, 0.5) is 11.5 Å². The molecule has 1 saturated heterocycles. The summed E-state index contributed by atoms with van der Waals surface area (Å²) in [6.45, 7) is 6.64. The van der Waals surface area contributed by atoms with Crippen LogP contribution < -0.4 is 31.5 Å². The Balaban J connectivity index is 1.25. The molecule has 0 spiro atoms. The molecular weight excluding hydrogens is 420 g/mol. The molecule has 2 fully saturated rings. The van der Waals surface area contributed by atoms with Crippen LogP contribution in [0.5, 0.6) is 17.2 Å². The van der Waals surface area contributed by atoms with Crippen molar-refractivity contribution in [3.05, 3.63) is 34.9 Å². The molecule has 3 heterocycles. The van der Waals surface area contributed by atoms with Crippen LogP contribution in [0, 0.1) is 5.92 Å². The summed E-state index contributed by atoms with van der Waals surface area (Å²) in [6.07, 6.45) is 6.73. The van der Waals surface area contributed by atoms with Crippen molar-refractivity contribution in [3.8, 4) is 17.2 Å². The minimum atomic E-state index is -0.251. The van der Waals surface area contributed by atoms with E-state index < -0.39 is 0 Å². The van der Waals surface area contributed by atoms with E-state index in [0.29, 0.717) is 42.1 Å². The quantitative estimate of drug-likeness (QED) is 0.468. The van der Waals surface area contributed by atoms with E-state index in [0.717, 1.165) is 70.5 Å². The third-order valence-corrected chi connectivity index (χ3v) is 7.00. The molecule has 0 amide bonds. The first-order valence-corrected chi connectivity index (χ1v) is 12.2. The number of aromatic nitrogens is 2. The van der Waals surface area contributed by atoms with Crippen LogP contribution in [0.15, 0.2) is 29.2 Å². The maximum Gasteiger partial charge on any atom is 0.350 e. The molecule has 1 aromatic carbocycles. The number of rotatable bonds is 7. The van der Waals surface area contributed by atoms with Gasteiger partial charge in [-0.25, -0.2) is 4.79 Å². The summed E-state index contributed by atoms with van der Waals surface area (Å²) in [4.78, 5) is 19.5. The molecule has 0 unspecified atom stereocenters. The van der Waals surface area contributed by atoms with Gasteiger partial charge in [-0.05, 0) is 56.7 Å². The molecule has 1 aliphatic carbocycles. The number of nitrogens with zero attached hydrogens (tertiary/aromatic N) is 3. The van der Waals surface area contributed by atoms with Crippen LogP contribution in [0.2, 0.25) is 0 Å². The summed E-state index contributed by atoms with van der Waals surface area (Å²) in [7, 11) is 0. The number of fused-ring (bicyclic) bond motifs is 2. The smallest absolute Gasteiger partial charge is 0.350 e. The van der Waals surface area contributed by atoms with Crippen molar-refractivity contribution in [3.63, 3.8) is 0 Å². The maximum atomic E-state index is 12.8. The number of nitrogens with two attached hydrogens (primary N) is 1. The van der Waals surface area contributed by atoms with Crippen molar-refractivity contribution in [2.45, 2.75) is 38.1 Å². The number of hydrogen-bond donors (Lipinski definition) is 3. The summed E-state index contributed by atoms with van der Waals surface area (Å²) in [5.41, 5.74) is 6.29. The minimum absolute atomic E-state index is 0.147. The Bertz CT molecular complexity index is 1010. The normalized spacial score (nSPS) is 22.6. The van der Waals surface area contributed by atoms with Crippen molar-refractivity contribution in [2.24, 2.45) is 11.7 Å². The summed E-state index contributed by atoms with van der Waals surface area (Å²) < 4.78 is 14.0. The van der Waals surface area contributed by atoms with Crippen molar-refractivity contribution in [1.82, 2.24) is 19.8 Å². The lowest BCUT2D eigenvalue weighted by molar-refractivity contribution is 0.214. The fourth-order valence-corrected chi connectivity index (χ4v) is 5.02. The topological polar surface area (TPSA) is 107 Å². The molecule has 4 N–H and O–H groups in total. The average Bonchev–Trinajstić information content (AvgIpc) is 2.86. The number of anilines is 2. The second kappa shape index (κ2) is 10.1. The molecule has 3 aliphatic rings. The van der Waals surface area contributed by atoms with Crippen molar-refractivity contribution in [1.29, 1.82) is 0 Å². The Morgan fingerprint density at radius 1 is 1.15 bits per heavy atom. The molecule has 5 rings (SSSR count). The Morgan fingerprint density at radius 2 is 1.97 bits per heavy atom. The predicted octanol–water partition coefficient (Wildman–Crippen LogP) is 2.46. The highest BCUT2D eigenvalue weighted by Crippen LogP contribution is 2.45. The second-order valence-corrected chi connectivity index (χ2v) is 9.20. The minimum Gasteiger partial charge on any atom is -0.491 e. The van der Waals surface area contributed by atoms with Gasteiger partial charge in [0.2, 0.25) is 0 Å². The molecule has 33 heavy (non-hydrogen) atoms. The van der Waals surface area contributed by atoms with Gasteiger partial charge in [0.25, 0.3) is 0 Å². The van der Waals surface area contributed by atoms with E-state index in [9.17, 15) is 4.79 Å². The van der Waals surface area contributed by atoms with Crippen LogP contribution in [-0.4, -0.2) is 60.3 Å². The molecule has 9 nitrogen and oxygen atoms in total. The molecule has 2 aromatic rings. The SMILES string of the molecule is NCC1CCC(n2cc3c(nc2=O)Nc2c(OCCCN4CCNCC4)cccc2O3)CC1. The van der Waals surface area contributed by atoms with Crippen LogP contribution >= 0.6 is 0 Å². The zero-order valence-corrected chi connectivity index (χ0v) is 19.1. The fraction of sp³-hybridized carbons (Fsp3) is 0.583. The zero-order chi connectivity index (χ0) is 22.6. The van der Waals surface area contributed by atoms with Crippen LogP contribution in [0.25, 0.3) is 0 Å². The van der Waals surface area contributed by atoms with Gasteiger partial charge < -0.3 is 30.7 Å². The lowest BCUT2D eigenvalue weighted by Crippen LogP contribution is -2.43. The monoisotopic (exact) mass is 454 g/mol. The first kappa shape index (κ1) is 22.2.